The van der Waals surface area contributed by atoms with Gasteiger partial charge in [-0.25, -0.2) is 13.6 Å². The molecule has 2 rings (SSSR count). The van der Waals surface area contributed by atoms with Gasteiger partial charge in [-0.15, -0.1) is 0 Å². The van der Waals surface area contributed by atoms with Crippen LogP contribution in [0.25, 0.3) is 0 Å². The van der Waals surface area contributed by atoms with Crippen LogP contribution in [-0.4, -0.2) is 17.0 Å². The van der Waals surface area contributed by atoms with Gasteiger partial charge in [-0.1, -0.05) is 0 Å². The van der Waals surface area contributed by atoms with Crippen molar-refractivity contribution in [2.24, 2.45) is 0 Å². The summed E-state index contributed by atoms with van der Waals surface area (Å²) in [5.41, 5.74) is 0.165. The molecule has 1 aromatic carbocycles. The number of furan rings is 1. The monoisotopic (exact) mass is 323 g/mol. The fraction of sp³-hybridized carbons (Fsp3) is 0.250. The summed E-state index contributed by atoms with van der Waals surface area (Å²) >= 11 is 0. The van der Waals surface area contributed by atoms with Crippen molar-refractivity contribution < 1.29 is 27.9 Å². The number of rotatable bonds is 6. The second kappa shape index (κ2) is 7.04. The Bertz CT molecular complexity index is 740. The van der Waals surface area contributed by atoms with E-state index in [1.165, 1.54) is 13.0 Å². The molecule has 0 aliphatic heterocycles. The molecule has 0 aliphatic carbocycles. The third-order valence-corrected chi connectivity index (χ3v) is 3.29. The van der Waals surface area contributed by atoms with Gasteiger partial charge in [-0.05, 0) is 43.2 Å². The fourth-order valence-electron chi connectivity index (χ4n) is 2.10. The van der Waals surface area contributed by atoms with Gasteiger partial charge < -0.3 is 14.8 Å². The van der Waals surface area contributed by atoms with Crippen LogP contribution in [0.15, 0.2) is 28.7 Å². The minimum atomic E-state index is -1.11. The molecule has 0 saturated carbocycles. The first-order valence-corrected chi connectivity index (χ1v) is 6.90. The Morgan fingerprint density at radius 2 is 2.00 bits per heavy atom. The molecular formula is C16H15F2NO4. The number of halogens is 2. The molecule has 1 aromatic heterocycles. The number of benzene rings is 1. The van der Waals surface area contributed by atoms with E-state index in [1.54, 1.807) is 0 Å². The van der Waals surface area contributed by atoms with E-state index in [2.05, 4.69) is 5.32 Å². The average molecular weight is 323 g/mol. The minimum absolute atomic E-state index is 0.0220. The molecular weight excluding hydrogens is 308 g/mol. The van der Waals surface area contributed by atoms with Gasteiger partial charge in [0.1, 0.15) is 28.7 Å². The van der Waals surface area contributed by atoms with E-state index >= 15 is 0 Å². The van der Waals surface area contributed by atoms with Gasteiger partial charge in [-0.3, -0.25) is 4.79 Å². The Balaban J connectivity index is 1.87. The van der Waals surface area contributed by atoms with Gasteiger partial charge in [-0.2, -0.15) is 0 Å². The largest absolute Gasteiger partial charge is 0.478 e. The molecule has 0 fully saturated rings. The lowest BCUT2D eigenvalue weighted by atomic mass is 10.1. The number of aryl methyl sites for hydroxylation is 2. The van der Waals surface area contributed by atoms with E-state index in [1.807, 2.05) is 0 Å². The van der Waals surface area contributed by atoms with Gasteiger partial charge in [0.05, 0.1) is 6.54 Å². The molecule has 1 heterocycles. The van der Waals surface area contributed by atoms with Gasteiger partial charge in [0, 0.05) is 6.42 Å². The number of nitrogens with one attached hydrogen (secondary N) is 1. The highest BCUT2D eigenvalue weighted by molar-refractivity contribution is 5.88. The van der Waals surface area contributed by atoms with Crippen LogP contribution in [0.3, 0.4) is 0 Å². The predicted octanol–water partition coefficient (Wildman–Crippen LogP) is 2.81. The summed E-state index contributed by atoms with van der Waals surface area (Å²) in [7, 11) is 0. The summed E-state index contributed by atoms with van der Waals surface area (Å²) in [5, 5.41) is 11.4. The van der Waals surface area contributed by atoms with Crippen molar-refractivity contribution in [2.45, 2.75) is 26.3 Å². The summed E-state index contributed by atoms with van der Waals surface area (Å²) in [5.74, 6) is -2.04. The fourth-order valence-corrected chi connectivity index (χ4v) is 2.10. The molecule has 2 N–H and O–H groups in total. The van der Waals surface area contributed by atoms with Crippen molar-refractivity contribution in [2.75, 3.05) is 0 Å². The molecule has 0 unspecified atom stereocenters. The smallest absolute Gasteiger partial charge is 0.339 e. The van der Waals surface area contributed by atoms with Gasteiger partial charge in [0.15, 0.2) is 0 Å². The Morgan fingerprint density at radius 3 is 2.65 bits per heavy atom. The van der Waals surface area contributed by atoms with E-state index in [0.717, 1.165) is 18.2 Å². The number of carboxylic acids is 1. The molecule has 2 aromatic rings. The predicted molar refractivity (Wildman–Crippen MR) is 76.9 cm³/mol. The summed E-state index contributed by atoms with van der Waals surface area (Å²) in [6.07, 6.45) is 0.0405. The van der Waals surface area contributed by atoms with Crippen molar-refractivity contribution in [1.29, 1.82) is 0 Å². The van der Waals surface area contributed by atoms with Gasteiger partial charge in [0.2, 0.25) is 5.91 Å². The second-order valence-electron chi connectivity index (χ2n) is 5.00. The van der Waals surface area contributed by atoms with Crippen LogP contribution in [0.2, 0.25) is 0 Å². The molecule has 122 valence electrons. The Hall–Kier alpha value is -2.70. The van der Waals surface area contributed by atoms with Crippen molar-refractivity contribution in [3.8, 4) is 0 Å². The normalized spacial score (nSPS) is 10.6. The molecule has 0 saturated heterocycles. The van der Waals surface area contributed by atoms with Gasteiger partial charge >= 0.3 is 5.97 Å². The van der Waals surface area contributed by atoms with Crippen molar-refractivity contribution in [1.82, 2.24) is 5.32 Å². The number of carboxylic acid groups (broad SMARTS) is 1. The van der Waals surface area contributed by atoms with Crippen LogP contribution >= 0.6 is 0 Å². The summed E-state index contributed by atoms with van der Waals surface area (Å²) in [4.78, 5) is 22.6. The van der Waals surface area contributed by atoms with Crippen LogP contribution in [0.1, 0.15) is 33.9 Å². The molecule has 0 bridgehead atoms. The lowest BCUT2D eigenvalue weighted by Crippen LogP contribution is -2.22. The highest BCUT2D eigenvalue weighted by atomic mass is 19.1. The maximum absolute atomic E-state index is 13.4. The molecule has 0 atom stereocenters. The number of hydrogen-bond donors (Lipinski definition) is 2. The lowest BCUT2D eigenvalue weighted by Gasteiger charge is -2.05. The first-order chi connectivity index (χ1) is 10.9. The SMILES string of the molecule is Cc1oc(CNC(=O)CCc2cc(F)ccc2F)cc1C(=O)O. The van der Waals surface area contributed by atoms with Crippen LogP contribution in [0.4, 0.5) is 8.78 Å². The number of carbonyl (C=O) groups excluding carboxylic acids is 1. The van der Waals surface area contributed by atoms with Gasteiger partial charge in [0.25, 0.3) is 0 Å². The topological polar surface area (TPSA) is 79.5 Å². The van der Waals surface area contributed by atoms with E-state index < -0.39 is 17.6 Å². The Kier molecular flexibility index (Phi) is 5.10. The van der Waals surface area contributed by atoms with Crippen LogP contribution in [0, 0.1) is 18.6 Å². The lowest BCUT2D eigenvalue weighted by molar-refractivity contribution is -0.121. The molecule has 0 spiro atoms. The van der Waals surface area contributed by atoms with Crippen LogP contribution in [-0.2, 0) is 17.8 Å². The molecule has 0 radical (unpaired) electrons. The van der Waals surface area contributed by atoms with Crippen molar-refractivity contribution in [3.05, 3.63) is 58.5 Å². The Labute approximate surface area is 130 Å². The van der Waals surface area contributed by atoms with Crippen LogP contribution < -0.4 is 5.32 Å². The summed E-state index contributed by atoms with van der Waals surface area (Å²) in [6, 6.07) is 4.42. The number of amides is 1. The maximum atomic E-state index is 13.4. The highest BCUT2D eigenvalue weighted by Gasteiger charge is 2.14. The van der Waals surface area contributed by atoms with Crippen molar-refractivity contribution >= 4 is 11.9 Å². The average Bonchev–Trinajstić information content (AvgIpc) is 2.87. The summed E-state index contributed by atoms with van der Waals surface area (Å²) < 4.78 is 31.7. The number of aromatic carboxylic acids is 1. The molecule has 1 amide bonds. The maximum Gasteiger partial charge on any atom is 0.339 e. The van der Waals surface area contributed by atoms with Crippen LogP contribution in [0.5, 0.6) is 0 Å². The molecule has 7 heteroatoms. The number of hydrogen-bond acceptors (Lipinski definition) is 3. The number of carbonyl (C=O) groups is 2. The quantitative estimate of drug-likeness (QED) is 0.857. The molecule has 5 nitrogen and oxygen atoms in total. The molecule has 0 aliphatic rings. The zero-order valence-electron chi connectivity index (χ0n) is 12.4. The zero-order chi connectivity index (χ0) is 17.0. The minimum Gasteiger partial charge on any atom is -0.478 e. The second-order valence-corrected chi connectivity index (χ2v) is 5.00. The first kappa shape index (κ1) is 16.7. The van der Waals surface area contributed by atoms with E-state index in [9.17, 15) is 18.4 Å². The first-order valence-electron chi connectivity index (χ1n) is 6.90. The Morgan fingerprint density at radius 1 is 1.26 bits per heavy atom. The molecule has 23 heavy (non-hydrogen) atoms. The van der Waals surface area contributed by atoms with E-state index in [0.29, 0.717) is 5.76 Å². The van der Waals surface area contributed by atoms with Crippen molar-refractivity contribution in [3.63, 3.8) is 0 Å². The summed E-state index contributed by atoms with van der Waals surface area (Å²) in [6.45, 7) is 1.54. The third-order valence-electron chi connectivity index (χ3n) is 3.29. The van der Waals surface area contributed by atoms with E-state index in [4.69, 9.17) is 9.52 Å². The third kappa shape index (κ3) is 4.38. The highest BCUT2D eigenvalue weighted by Crippen LogP contribution is 2.15. The standard InChI is InChI=1S/C16H15F2NO4/c1-9-13(16(21)22)7-12(23-9)8-19-15(20)5-2-10-6-11(17)3-4-14(10)18/h3-4,6-7H,2,5,8H2,1H3,(H,19,20)(H,21,22). The van der Waals surface area contributed by atoms with E-state index in [-0.39, 0.29) is 42.2 Å². The zero-order valence-corrected chi connectivity index (χ0v) is 12.4.